The van der Waals surface area contributed by atoms with Crippen LogP contribution in [0.15, 0.2) is 31.0 Å². The zero-order valence-electron chi connectivity index (χ0n) is 19.7. The van der Waals surface area contributed by atoms with Gasteiger partial charge >= 0.3 is 0 Å². The summed E-state index contributed by atoms with van der Waals surface area (Å²) >= 11 is 0. The molecule has 3 heterocycles. The van der Waals surface area contributed by atoms with Crippen LogP contribution in [0.25, 0.3) is 17.2 Å². The van der Waals surface area contributed by atoms with Crippen molar-refractivity contribution in [3.05, 3.63) is 47.9 Å². The minimum atomic E-state index is -0.638. The van der Waals surface area contributed by atoms with Crippen LogP contribution in [0.5, 0.6) is 0 Å². The van der Waals surface area contributed by atoms with Crippen LogP contribution in [0.1, 0.15) is 61.9 Å². The van der Waals surface area contributed by atoms with Crippen molar-refractivity contribution >= 4 is 17.8 Å². The number of anilines is 1. The van der Waals surface area contributed by atoms with E-state index >= 15 is 0 Å². The molecule has 0 aromatic carbocycles. The third kappa shape index (κ3) is 4.55. The van der Waals surface area contributed by atoms with Crippen LogP contribution in [0.2, 0.25) is 0 Å². The lowest BCUT2D eigenvalue weighted by molar-refractivity contribution is -0.136. The summed E-state index contributed by atoms with van der Waals surface area (Å²) in [5.74, 6) is 1.65. The first-order valence-corrected chi connectivity index (χ1v) is 12.2. The molecule has 7 nitrogen and oxygen atoms in total. The van der Waals surface area contributed by atoms with E-state index in [0.29, 0.717) is 37.0 Å². The van der Waals surface area contributed by atoms with E-state index in [1.807, 2.05) is 23.1 Å². The van der Waals surface area contributed by atoms with Gasteiger partial charge in [0.2, 0.25) is 5.91 Å². The van der Waals surface area contributed by atoms with E-state index in [1.165, 1.54) is 0 Å². The Labute approximate surface area is 200 Å². The summed E-state index contributed by atoms with van der Waals surface area (Å²) in [6.07, 6.45) is 7.47. The maximum absolute atomic E-state index is 12.8. The molecule has 1 aliphatic heterocycles. The molecule has 7 heteroatoms. The minimum Gasteiger partial charge on any atom is -0.393 e. The highest BCUT2D eigenvalue weighted by atomic mass is 16.3. The van der Waals surface area contributed by atoms with Crippen molar-refractivity contribution in [3.63, 3.8) is 0 Å². The first-order chi connectivity index (χ1) is 16.5. The van der Waals surface area contributed by atoms with Gasteiger partial charge in [-0.3, -0.25) is 9.78 Å². The summed E-state index contributed by atoms with van der Waals surface area (Å²) in [4.78, 5) is 26.4. The molecule has 34 heavy (non-hydrogen) atoms. The molecule has 2 atom stereocenters. The van der Waals surface area contributed by atoms with E-state index in [9.17, 15) is 15.2 Å². The first kappa shape index (κ1) is 22.5. The summed E-state index contributed by atoms with van der Waals surface area (Å²) < 4.78 is 0. The average Bonchev–Trinajstić information content (AvgIpc) is 3.76. The van der Waals surface area contributed by atoms with Crippen molar-refractivity contribution in [2.75, 3.05) is 24.5 Å². The van der Waals surface area contributed by atoms with Crippen molar-refractivity contribution in [1.29, 1.82) is 5.26 Å². The van der Waals surface area contributed by atoms with Crippen LogP contribution in [0, 0.1) is 17.2 Å². The number of aliphatic hydroxyl groups excluding tert-OH is 1. The molecule has 1 N–H and O–H groups in total. The SMILES string of the molecule is C=Cc1cc(-c2cc(C#N)c(N3CCN(C(=O)C[C@H](C)O)[C@H](C4CC4)C3)nc2C2CC2)ccn1. The normalized spacial score (nSPS) is 21.1. The first-order valence-electron chi connectivity index (χ1n) is 12.2. The lowest BCUT2D eigenvalue weighted by atomic mass is 9.98. The van der Waals surface area contributed by atoms with Crippen molar-refractivity contribution in [1.82, 2.24) is 14.9 Å². The topological polar surface area (TPSA) is 93.4 Å². The molecule has 1 amide bonds. The quantitative estimate of drug-likeness (QED) is 0.681. The Morgan fingerprint density at radius 3 is 2.76 bits per heavy atom. The number of nitrogens with zero attached hydrogens (tertiary/aromatic N) is 5. The number of aliphatic hydroxyl groups is 1. The van der Waals surface area contributed by atoms with Crippen molar-refractivity contribution in [2.24, 2.45) is 5.92 Å². The molecule has 2 aromatic rings. The second-order valence-corrected chi connectivity index (χ2v) is 9.84. The molecule has 1 saturated heterocycles. The van der Waals surface area contributed by atoms with Gasteiger partial charge in [0.15, 0.2) is 0 Å². The highest BCUT2D eigenvalue weighted by Gasteiger charge is 2.42. The van der Waals surface area contributed by atoms with Gasteiger partial charge < -0.3 is 14.9 Å². The number of hydrogen-bond donors (Lipinski definition) is 1. The van der Waals surface area contributed by atoms with E-state index in [4.69, 9.17) is 4.98 Å². The molecule has 5 rings (SSSR count). The second kappa shape index (κ2) is 9.19. The standard InChI is InChI=1S/C27H31N5O2/c1-3-22-13-20(8-9-29-22)23-14-21(15-28)27(30-26(23)19-6-7-19)31-10-11-32(25(34)12-17(2)33)24(16-31)18-4-5-18/h3,8-9,13-14,17-19,24,33H,1,4-7,10-12,16H2,2H3/t17-,24-/m0/s1. The van der Waals surface area contributed by atoms with Crippen LogP contribution in [0.3, 0.4) is 0 Å². The number of piperazine rings is 1. The summed E-state index contributed by atoms with van der Waals surface area (Å²) in [5, 5.41) is 19.8. The Balaban J connectivity index is 1.48. The number of pyridine rings is 2. The van der Waals surface area contributed by atoms with Crippen LogP contribution < -0.4 is 4.90 Å². The average molecular weight is 458 g/mol. The number of nitriles is 1. The zero-order valence-corrected chi connectivity index (χ0v) is 19.7. The molecule has 0 spiro atoms. The van der Waals surface area contributed by atoms with Gasteiger partial charge in [0.25, 0.3) is 0 Å². The third-order valence-electron chi connectivity index (χ3n) is 7.09. The fraction of sp³-hybridized carbons (Fsp3) is 0.481. The summed E-state index contributed by atoms with van der Waals surface area (Å²) in [7, 11) is 0. The lowest BCUT2D eigenvalue weighted by Gasteiger charge is -2.43. The fourth-order valence-electron chi connectivity index (χ4n) is 5.03. The summed E-state index contributed by atoms with van der Waals surface area (Å²) in [6.45, 7) is 7.39. The van der Waals surface area contributed by atoms with Crippen molar-refractivity contribution in [2.45, 2.75) is 57.1 Å². The molecular formula is C27H31N5O2. The molecule has 3 aliphatic rings. The van der Waals surface area contributed by atoms with E-state index in [1.54, 1.807) is 19.2 Å². The Morgan fingerprint density at radius 1 is 1.32 bits per heavy atom. The Kier molecular flexibility index (Phi) is 6.09. The number of rotatable bonds is 7. The highest BCUT2D eigenvalue weighted by molar-refractivity contribution is 5.78. The monoisotopic (exact) mass is 457 g/mol. The Hall–Kier alpha value is -3.24. The second-order valence-electron chi connectivity index (χ2n) is 9.84. The van der Waals surface area contributed by atoms with Crippen LogP contribution >= 0.6 is 0 Å². The maximum Gasteiger partial charge on any atom is 0.225 e. The number of carbonyl (C=O) groups excluding carboxylic acids is 1. The number of carbonyl (C=O) groups is 1. The van der Waals surface area contributed by atoms with Gasteiger partial charge in [0, 0.05) is 37.3 Å². The van der Waals surface area contributed by atoms with E-state index in [0.717, 1.165) is 54.0 Å². The predicted octanol–water partition coefficient (Wildman–Crippen LogP) is 3.73. The number of hydrogen-bond acceptors (Lipinski definition) is 6. The molecule has 2 aromatic heterocycles. The summed E-state index contributed by atoms with van der Waals surface area (Å²) in [6, 6.07) is 8.43. The van der Waals surface area contributed by atoms with Gasteiger partial charge in [-0.1, -0.05) is 6.58 Å². The van der Waals surface area contributed by atoms with E-state index in [2.05, 4.69) is 22.5 Å². The van der Waals surface area contributed by atoms with E-state index in [-0.39, 0.29) is 18.4 Å². The zero-order chi connectivity index (χ0) is 23.8. The molecule has 2 saturated carbocycles. The van der Waals surface area contributed by atoms with Crippen molar-refractivity contribution < 1.29 is 9.90 Å². The molecular weight excluding hydrogens is 426 g/mol. The Morgan fingerprint density at radius 2 is 2.12 bits per heavy atom. The van der Waals surface area contributed by atoms with Gasteiger partial charge in [-0.15, -0.1) is 0 Å². The van der Waals surface area contributed by atoms with Crippen LogP contribution in [-0.4, -0.2) is 57.7 Å². The molecule has 3 fully saturated rings. The third-order valence-corrected chi connectivity index (χ3v) is 7.09. The lowest BCUT2D eigenvalue weighted by Crippen LogP contribution is -2.57. The van der Waals surface area contributed by atoms with Crippen molar-refractivity contribution in [3.8, 4) is 17.2 Å². The highest BCUT2D eigenvalue weighted by Crippen LogP contribution is 2.45. The van der Waals surface area contributed by atoms with Gasteiger partial charge in [-0.2, -0.15) is 5.26 Å². The molecule has 0 radical (unpaired) electrons. The minimum absolute atomic E-state index is 0.0183. The molecule has 0 bridgehead atoms. The smallest absolute Gasteiger partial charge is 0.225 e. The number of aromatic nitrogens is 2. The van der Waals surface area contributed by atoms with Gasteiger partial charge in [-0.05, 0) is 68.4 Å². The Bertz CT molecular complexity index is 1150. The van der Waals surface area contributed by atoms with Gasteiger partial charge in [0.1, 0.15) is 11.9 Å². The molecule has 0 unspecified atom stereocenters. The van der Waals surface area contributed by atoms with Gasteiger partial charge in [-0.25, -0.2) is 4.98 Å². The predicted molar refractivity (Wildman–Crippen MR) is 131 cm³/mol. The fourth-order valence-corrected chi connectivity index (χ4v) is 5.03. The van der Waals surface area contributed by atoms with Crippen LogP contribution in [-0.2, 0) is 4.79 Å². The summed E-state index contributed by atoms with van der Waals surface area (Å²) in [5.41, 5.74) is 4.41. The maximum atomic E-state index is 12.8. The van der Waals surface area contributed by atoms with Crippen LogP contribution in [0.4, 0.5) is 5.82 Å². The largest absolute Gasteiger partial charge is 0.393 e. The van der Waals surface area contributed by atoms with Gasteiger partial charge in [0.05, 0.1) is 35.5 Å². The van der Waals surface area contributed by atoms with E-state index < -0.39 is 6.10 Å². The molecule has 176 valence electrons. The molecule has 2 aliphatic carbocycles. The number of amides is 1.